The Morgan fingerprint density at radius 1 is 1.21 bits per heavy atom. The minimum atomic E-state index is -1.07. The minimum Gasteiger partial charge on any atom is -0.481 e. The number of carbonyl (C=O) groups is 3. The van der Waals surface area contributed by atoms with Crippen molar-refractivity contribution in [2.75, 3.05) is 26.9 Å². The Hall–Kier alpha value is -2.97. The van der Waals surface area contributed by atoms with Gasteiger partial charge in [0.15, 0.2) is 0 Å². The molecule has 2 aliphatic heterocycles. The van der Waals surface area contributed by atoms with Crippen molar-refractivity contribution in [3.63, 3.8) is 0 Å². The number of epoxide rings is 2. The number of hydrogen-bond acceptors (Lipinski definition) is 7. The molecule has 1 aromatic carbocycles. The van der Waals surface area contributed by atoms with Gasteiger partial charge in [-0.15, -0.1) is 0 Å². The van der Waals surface area contributed by atoms with E-state index in [1.807, 2.05) is 12.1 Å². The zero-order valence-electron chi connectivity index (χ0n) is 16.2. The van der Waals surface area contributed by atoms with Crippen LogP contribution in [0, 0.1) is 5.92 Å². The molecule has 156 valence electrons. The summed E-state index contributed by atoms with van der Waals surface area (Å²) in [5.74, 6) is -2.97. The number of esters is 2. The van der Waals surface area contributed by atoms with Crippen molar-refractivity contribution in [1.82, 2.24) is 0 Å². The van der Waals surface area contributed by atoms with Crippen LogP contribution in [-0.2, 0) is 28.5 Å². The lowest BCUT2D eigenvalue weighted by atomic mass is 9.95. The molecule has 29 heavy (non-hydrogen) atoms. The summed E-state index contributed by atoms with van der Waals surface area (Å²) in [7, 11) is 1.19. The third kappa shape index (κ3) is 7.52. The molecule has 2 saturated heterocycles. The lowest BCUT2D eigenvalue weighted by molar-refractivity contribution is -0.145. The van der Waals surface area contributed by atoms with E-state index >= 15 is 0 Å². The number of aliphatic carboxylic acids is 1. The zero-order chi connectivity index (χ0) is 21.4. The molecular weight excluding hydrogens is 380 g/mol. The Bertz CT molecular complexity index is 759. The third-order valence-electron chi connectivity index (χ3n) is 4.25. The average Bonchev–Trinajstić information content (AvgIpc) is 3.64. The highest BCUT2D eigenvalue weighted by atomic mass is 16.6. The summed E-state index contributed by atoms with van der Waals surface area (Å²) in [6, 6.07) is 7.12. The SMILES string of the molecule is C=C(C(=O)OC)C(CC1CO1)C(=O)O.C=Cc1ccc(C(=O)OCC2CO2)cc1. The van der Waals surface area contributed by atoms with E-state index in [1.165, 1.54) is 7.11 Å². The molecule has 2 aliphatic rings. The first-order valence-corrected chi connectivity index (χ1v) is 8.98. The molecule has 1 aromatic rings. The van der Waals surface area contributed by atoms with Gasteiger partial charge in [0.25, 0.3) is 0 Å². The van der Waals surface area contributed by atoms with Gasteiger partial charge in [0.1, 0.15) is 12.7 Å². The van der Waals surface area contributed by atoms with E-state index in [-0.39, 0.29) is 30.2 Å². The van der Waals surface area contributed by atoms with E-state index in [9.17, 15) is 14.4 Å². The predicted molar refractivity (Wildman–Crippen MR) is 103 cm³/mol. The monoisotopic (exact) mass is 404 g/mol. The Kier molecular flexibility index (Phi) is 8.11. The third-order valence-corrected chi connectivity index (χ3v) is 4.25. The Morgan fingerprint density at radius 3 is 2.24 bits per heavy atom. The number of hydrogen-bond donors (Lipinski definition) is 1. The molecule has 3 rings (SSSR count). The lowest BCUT2D eigenvalue weighted by Gasteiger charge is -2.11. The first-order chi connectivity index (χ1) is 13.8. The van der Waals surface area contributed by atoms with E-state index in [0.29, 0.717) is 25.4 Å². The van der Waals surface area contributed by atoms with E-state index in [4.69, 9.17) is 19.3 Å². The molecule has 8 nitrogen and oxygen atoms in total. The van der Waals surface area contributed by atoms with Crippen molar-refractivity contribution < 1.29 is 38.4 Å². The second-order valence-electron chi connectivity index (χ2n) is 6.48. The predicted octanol–water partition coefficient (Wildman–Crippen LogP) is 2.09. The van der Waals surface area contributed by atoms with Gasteiger partial charge in [-0.3, -0.25) is 4.79 Å². The largest absolute Gasteiger partial charge is 0.481 e. The second-order valence-corrected chi connectivity index (χ2v) is 6.48. The van der Waals surface area contributed by atoms with Gasteiger partial charge < -0.3 is 24.1 Å². The van der Waals surface area contributed by atoms with Crippen LogP contribution >= 0.6 is 0 Å². The number of rotatable bonds is 9. The van der Waals surface area contributed by atoms with Gasteiger partial charge in [-0.05, 0) is 24.1 Å². The molecule has 0 aliphatic carbocycles. The van der Waals surface area contributed by atoms with Gasteiger partial charge in [0.05, 0.1) is 37.9 Å². The molecule has 3 atom stereocenters. The number of benzene rings is 1. The number of carboxylic acids is 1. The van der Waals surface area contributed by atoms with Gasteiger partial charge in [0, 0.05) is 5.57 Å². The first-order valence-electron chi connectivity index (χ1n) is 8.98. The van der Waals surface area contributed by atoms with Crippen molar-refractivity contribution in [1.29, 1.82) is 0 Å². The number of carbonyl (C=O) groups excluding carboxylic acids is 2. The summed E-state index contributed by atoms with van der Waals surface area (Å²) in [6.07, 6.45) is 2.06. The molecule has 2 heterocycles. The van der Waals surface area contributed by atoms with Crippen molar-refractivity contribution in [3.05, 3.63) is 54.1 Å². The van der Waals surface area contributed by atoms with Crippen LogP contribution in [0.25, 0.3) is 6.08 Å². The molecule has 0 spiro atoms. The van der Waals surface area contributed by atoms with Gasteiger partial charge in [0.2, 0.25) is 0 Å². The van der Waals surface area contributed by atoms with Crippen molar-refractivity contribution >= 4 is 24.0 Å². The quantitative estimate of drug-likeness (QED) is 0.378. The van der Waals surface area contributed by atoms with Crippen LogP contribution in [0.4, 0.5) is 0 Å². The fraction of sp³-hybridized carbons (Fsp3) is 0.381. The molecule has 1 N–H and O–H groups in total. The molecule has 0 aromatic heterocycles. The standard InChI is InChI=1S/C12H12O3.C9H12O5/c1-2-9-3-5-10(6-4-9)12(13)15-8-11-7-14-11;1-5(9(12)13-2)7(8(10)11)3-6-4-14-6/h2-6,11H,1,7-8H2;6-7H,1,3-4H2,2H3,(H,10,11). The maximum atomic E-state index is 11.5. The summed E-state index contributed by atoms with van der Waals surface area (Å²) in [5.41, 5.74) is 1.51. The molecule has 2 fully saturated rings. The molecular formula is C21H24O8. The molecule has 0 saturated carbocycles. The Labute approximate surface area is 168 Å². The normalized spacial score (nSPS) is 19.6. The highest BCUT2D eigenvalue weighted by Crippen LogP contribution is 2.24. The number of carboxylic acid groups (broad SMARTS) is 1. The topological polar surface area (TPSA) is 115 Å². The second kappa shape index (κ2) is 10.5. The summed E-state index contributed by atoms with van der Waals surface area (Å²) < 4.78 is 19.3. The smallest absolute Gasteiger partial charge is 0.338 e. The van der Waals surface area contributed by atoms with Crippen molar-refractivity contribution in [2.45, 2.75) is 18.6 Å². The van der Waals surface area contributed by atoms with Gasteiger partial charge in [-0.1, -0.05) is 31.4 Å². The maximum absolute atomic E-state index is 11.5. The first kappa shape index (κ1) is 22.3. The fourth-order valence-electron chi connectivity index (χ4n) is 2.30. The maximum Gasteiger partial charge on any atom is 0.338 e. The Morgan fingerprint density at radius 2 is 1.79 bits per heavy atom. The van der Waals surface area contributed by atoms with Crippen LogP contribution < -0.4 is 0 Å². The van der Waals surface area contributed by atoms with E-state index in [1.54, 1.807) is 18.2 Å². The van der Waals surface area contributed by atoms with Gasteiger partial charge >= 0.3 is 17.9 Å². The average molecular weight is 404 g/mol. The summed E-state index contributed by atoms with van der Waals surface area (Å²) in [4.78, 5) is 33.3. The number of methoxy groups -OCH3 is 1. The summed E-state index contributed by atoms with van der Waals surface area (Å²) in [5, 5.41) is 8.84. The van der Waals surface area contributed by atoms with Crippen LogP contribution in [0.1, 0.15) is 22.3 Å². The highest BCUT2D eigenvalue weighted by molar-refractivity contribution is 5.94. The Balaban J connectivity index is 0.000000208. The molecule has 0 bridgehead atoms. The highest BCUT2D eigenvalue weighted by Gasteiger charge is 2.34. The molecule has 8 heteroatoms. The molecule has 0 radical (unpaired) electrons. The van der Waals surface area contributed by atoms with Crippen LogP contribution in [0.3, 0.4) is 0 Å². The van der Waals surface area contributed by atoms with E-state index in [2.05, 4.69) is 17.9 Å². The van der Waals surface area contributed by atoms with Gasteiger partial charge in [-0.25, -0.2) is 9.59 Å². The molecule has 3 unspecified atom stereocenters. The lowest BCUT2D eigenvalue weighted by Crippen LogP contribution is -2.23. The van der Waals surface area contributed by atoms with E-state index in [0.717, 1.165) is 5.56 Å². The van der Waals surface area contributed by atoms with Crippen molar-refractivity contribution in [2.24, 2.45) is 5.92 Å². The van der Waals surface area contributed by atoms with Crippen LogP contribution in [0.15, 0.2) is 43.0 Å². The zero-order valence-corrected chi connectivity index (χ0v) is 16.2. The van der Waals surface area contributed by atoms with Crippen LogP contribution in [0.2, 0.25) is 0 Å². The number of ether oxygens (including phenoxy) is 4. The molecule has 0 amide bonds. The van der Waals surface area contributed by atoms with E-state index < -0.39 is 17.9 Å². The van der Waals surface area contributed by atoms with Crippen molar-refractivity contribution in [3.8, 4) is 0 Å². The summed E-state index contributed by atoms with van der Waals surface area (Å²) >= 11 is 0. The van der Waals surface area contributed by atoms with Crippen LogP contribution in [0.5, 0.6) is 0 Å². The summed E-state index contributed by atoms with van der Waals surface area (Å²) in [6.45, 7) is 8.66. The van der Waals surface area contributed by atoms with Crippen LogP contribution in [-0.4, -0.2) is 62.2 Å². The minimum absolute atomic E-state index is 0.0319. The fourth-order valence-corrected chi connectivity index (χ4v) is 2.30. The van der Waals surface area contributed by atoms with Gasteiger partial charge in [-0.2, -0.15) is 0 Å².